The van der Waals surface area contributed by atoms with Crippen molar-refractivity contribution in [1.29, 1.82) is 0 Å². The zero-order valence-corrected chi connectivity index (χ0v) is 21.6. The predicted octanol–water partition coefficient (Wildman–Crippen LogP) is 4.04. The lowest BCUT2D eigenvalue weighted by Crippen LogP contribution is -2.35. The van der Waals surface area contributed by atoms with Gasteiger partial charge in [0.15, 0.2) is 28.4 Å². The van der Waals surface area contributed by atoms with Crippen molar-refractivity contribution in [2.75, 3.05) is 35.7 Å². The summed E-state index contributed by atoms with van der Waals surface area (Å²) >= 11 is 1.59. The lowest BCUT2D eigenvalue weighted by Gasteiger charge is -2.30. The fourth-order valence-corrected chi connectivity index (χ4v) is 5.84. The molecule has 8 nitrogen and oxygen atoms in total. The molecule has 5 rings (SSSR count). The number of rotatable bonds is 10. The molecule has 0 bridgehead atoms. The third-order valence-corrected chi connectivity index (χ3v) is 8.12. The van der Waals surface area contributed by atoms with Crippen LogP contribution in [0.2, 0.25) is 0 Å². The predicted molar refractivity (Wildman–Crippen MR) is 140 cm³/mol. The summed E-state index contributed by atoms with van der Waals surface area (Å²) < 4.78 is 32.9. The van der Waals surface area contributed by atoms with E-state index in [4.69, 9.17) is 24.8 Å². The molecule has 5 unspecified atom stereocenters. The molecule has 37 heavy (non-hydrogen) atoms. The summed E-state index contributed by atoms with van der Waals surface area (Å²) in [6.07, 6.45) is 4.59. The van der Waals surface area contributed by atoms with Crippen LogP contribution in [-0.2, 0) is 4.74 Å². The van der Waals surface area contributed by atoms with Gasteiger partial charge in [0.1, 0.15) is 5.69 Å². The number of benzene rings is 1. The van der Waals surface area contributed by atoms with Gasteiger partial charge in [-0.3, -0.25) is 4.99 Å². The van der Waals surface area contributed by atoms with E-state index in [0.29, 0.717) is 36.0 Å². The molecule has 0 saturated heterocycles. The largest absolute Gasteiger partial charge is 0.394 e. The van der Waals surface area contributed by atoms with E-state index in [2.05, 4.69) is 17.1 Å². The molecular weight excluding hydrogens is 500 g/mol. The molecule has 3 aliphatic rings. The summed E-state index contributed by atoms with van der Waals surface area (Å²) in [6, 6.07) is 4.12. The van der Waals surface area contributed by atoms with Gasteiger partial charge in [-0.15, -0.1) is 0 Å². The van der Waals surface area contributed by atoms with Crippen molar-refractivity contribution in [3.8, 4) is 0 Å². The Morgan fingerprint density at radius 3 is 2.84 bits per heavy atom. The van der Waals surface area contributed by atoms with Gasteiger partial charge in [0.05, 0.1) is 25.4 Å². The highest BCUT2D eigenvalue weighted by atomic mass is 32.2. The summed E-state index contributed by atoms with van der Waals surface area (Å²) in [5, 5.41) is 23.9. The second-order valence-corrected chi connectivity index (χ2v) is 10.8. The van der Waals surface area contributed by atoms with Crippen LogP contribution in [0.25, 0.3) is 0 Å². The van der Waals surface area contributed by atoms with Crippen LogP contribution in [0.1, 0.15) is 50.5 Å². The summed E-state index contributed by atoms with van der Waals surface area (Å²) in [7, 11) is 0. The van der Waals surface area contributed by atoms with E-state index in [1.807, 2.05) is 6.21 Å². The molecular formula is C26H33F2N5O3S. The maximum Gasteiger partial charge on any atom is 0.191 e. The lowest BCUT2D eigenvalue weighted by atomic mass is 10.1. The van der Waals surface area contributed by atoms with Crippen molar-refractivity contribution in [3.63, 3.8) is 0 Å². The van der Waals surface area contributed by atoms with Gasteiger partial charge in [-0.2, -0.15) is 0 Å². The number of nitrogens with zero attached hydrogens (tertiary/aromatic N) is 4. The Morgan fingerprint density at radius 2 is 2.05 bits per heavy atom. The van der Waals surface area contributed by atoms with E-state index in [-0.39, 0.29) is 37.3 Å². The van der Waals surface area contributed by atoms with Gasteiger partial charge in [0.25, 0.3) is 0 Å². The van der Waals surface area contributed by atoms with Gasteiger partial charge in [0, 0.05) is 42.9 Å². The van der Waals surface area contributed by atoms with E-state index in [1.165, 1.54) is 12.1 Å². The molecule has 1 aromatic carbocycles. The minimum Gasteiger partial charge on any atom is -0.394 e. The third kappa shape index (κ3) is 5.89. The number of halogens is 2. The molecule has 2 saturated carbocycles. The molecule has 11 heteroatoms. The zero-order valence-electron chi connectivity index (χ0n) is 20.8. The smallest absolute Gasteiger partial charge is 0.191 e. The van der Waals surface area contributed by atoms with E-state index < -0.39 is 17.7 Å². The molecule has 5 atom stereocenters. The number of ether oxygens (including phenoxy) is 1. The van der Waals surface area contributed by atoms with Crippen molar-refractivity contribution in [1.82, 2.24) is 9.97 Å². The molecule has 0 amide bonds. The Hall–Kier alpha value is -2.34. The van der Waals surface area contributed by atoms with Crippen molar-refractivity contribution in [2.24, 2.45) is 4.99 Å². The average Bonchev–Trinajstić information content (AvgIpc) is 3.61. The van der Waals surface area contributed by atoms with Crippen LogP contribution in [0, 0.1) is 11.6 Å². The number of aromatic nitrogens is 2. The normalized spacial score (nSPS) is 26.7. The molecule has 3 N–H and O–H groups in total. The fraction of sp³-hybridized carbons (Fsp3) is 0.577. The van der Waals surface area contributed by atoms with Crippen LogP contribution in [0.15, 0.2) is 28.3 Å². The average molecular weight is 534 g/mol. The molecule has 2 aromatic rings. The van der Waals surface area contributed by atoms with Crippen molar-refractivity contribution in [3.05, 3.63) is 35.4 Å². The Morgan fingerprint density at radius 1 is 1.19 bits per heavy atom. The number of hydrogen-bond donors (Lipinski definition) is 3. The number of fused-ring (bicyclic) bond motifs is 1. The van der Waals surface area contributed by atoms with Crippen LogP contribution >= 0.6 is 11.8 Å². The molecule has 1 aliphatic heterocycles. The highest BCUT2D eigenvalue weighted by molar-refractivity contribution is 7.99. The Bertz CT molecular complexity index is 1140. The van der Waals surface area contributed by atoms with Crippen molar-refractivity contribution < 1.29 is 23.7 Å². The first-order valence-electron chi connectivity index (χ1n) is 12.9. The highest BCUT2D eigenvalue weighted by Crippen LogP contribution is 2.46. The molecule has 1 aromatic heterocycles. The van der Waals surface area contributed by atoms with Crippen LogP contribution < -0.4 is 10.2 Å². The quantitative estimate of drug-likeness (QED) is 0.311. The van der Waals surface area contributed by atoms with Crippen LogP contribution in [0.3, 0.4) is 0 Å². The first kappa shape index (κ1) is 26.3. The lowest BCUT2D eigenvalue weighted by molar-refractivity contribution is -0.0302. The summed E-state index contributed by atoms with van der Waals surface area (Å²) in [5.41, 5.74) is 1.42. The first-order chi connectivity index (χ1) is 18.0. The summed E-state index contributed by atoms with van der Waals surface area (Å²) in [6.45, 7) is 2.93. The Balaban J connectivity index is 1.41. The molecule has 0 radical (unpaired) electrons. The monoisotopic (exact) mass is 533 g/mol. The second-order valence-electron chi connectivity index (χ2n) is 9.76. The number of nitrogens with one attached hydrogen (secondary N) is 1. The number of thioether (sulfide) groups is 1. The molecule has 200 valence electrons. The van der Waals surface area contributed by atoms with E-state index >= 15 is 0 Å². The maximum atomic E-state index is 13.8. The van der Waals surface area contributed by atoms with E-state index in [0.717, 1.165) is 36.4 Å². The fourth-order valence-electron chi connectivity index (χ4n) is 5.15. The third-order valence-electron chi connectivity index (χ3n) is 7.07. The Kier molecular flexibility index (Phi) is 8.23. The number of aliphatic imine (C=N–C) groups is 1. The van der Waals surface area contributed by atoms with Crippen LogP contribution in [0.4, 0.5) is 26.1 Å². The van der Waals surface area contributed by atoms with Crippen LogP contribution in [-0.4, -0.2) is 76.2 Å². The second kappa shape index (κ2) is 11.6. The van der Waals surface area contributed by atoms with Gasteiger partial charge < -0.3 is 25.2 Å². The maximum absolute atomic E-state index is 13.8. The summed E-state index contributed by atoms with van der Waals surface area (Å²) in [4.78, 5) is 16.6. The van der Waals surface area contributed by atoms with E-state index in [9.17, 15) is 13.9 Å². The standard InChI is InChI=1S/C26H33F2N5O3S/c1-2-10-37-26-31-24(30-20-14-17(20)15-4-5-18(27)19(28)11-15)23-25(32-26)33(7-3-6-29-23)16-12-21(35)22(13-16)36-9-8-34/h4-6,11,16-17,20-22,34-35H,2-3,7-10,12-14H2,1H3,(H,30,31,32). The van der Waals surface area contributed by atoms with Crippen LogP contribution in [0.5, 0.6) is 0 Å². The van der Waals surface area contributed by atoms with Gasteiger partial charge in [0.2, 0.25) is 0 Å². The highest BCUT2D eigenvalue weighted by Gasteiger charge is 2.41. The number of hydrogen-bond acceptors (Lipinski definition) is 9. The minimum absolute atomic E-state index is 0.0155. The molecule has 2 fully saturated rings. The van der Waals surface area contributed by atoms with Gasteiger partial charge in [-0.05, 0) is 43.4 Å². The molecule has 2 aliphatic carbocycles. The SMILES string of the molecule is CCCSc1nc(NC2CC2c2ccc(F)c(F)c2)c2c(n1)N(C1CC(O)C(OCCO)C1)CCC=N2. The number of anilines is 2. The molecule has 2 heterocycles. The molecule has 0 spiro atoms. The first-order valence-corrected chi connectivity index (χ1v) is 13.9. The van der Waals surface area contributed by atoms with Gasteiger partial charge >= 0.3 is 0 Å². The van der Waals surface area contributed by atoms with Crippen molar-refractivity contribution in [2.45, 2.75) is 74.4 Å². The Labute approximate surface area is 219 Å². The topological polar surface area (TPSA) is 103 Å². The van der Waals surface area contributed by atoms with Gasteiger partial charge in [-0.25, -0.2) is 18.7 Å². The summed E-state index contributed by atoms with van der Waals surface area (Å²) in [5.74, 6) is 0.624. The van der Waals surface area contributed by atoms with Gasteiger partial charge in [-0.1, -0.05) is 24.8 Å². The van der Waals surface area contributed by atoms with Crippen molar-refractivity contribution >= 4 is 35.3 Å². The zero-order chi connectivity index (χ0) is 25.9. The number of aliphatic hydroxyl groups is 2. The van der Waals surface area contributed by atoms with E-state index in [1.54, 1.807) is 17.8 Å². The number of aliphatic hydroxyl groups excluding tert-OH is 2. The minimum atomic E-state index is -0.844.